The molecule has 0 bridgehead atoms. The van der Waals surface area contributed by atoms with E-state index in [0.29, 0.717) is 11.3 Å². The fraction of sp³-hybridized carbons (Fsp3) is 0.400. The minimum absolute atomic E-state index is 0.266. The Bertz CT molecular complexity index is 595. The lowest BCUT2D eigenvalue weighted by Crippen LogP contribution is -2.26. The van der Waals surface area contributed by atoms with E-state index >= 15 is 0 Å². The van der Waals surface area contributed by atoms with Crippen LogP contribution in [0.1, 0.15) is 30.6 Å². The van der Waals surface area contributed by atoms with Gasteiger partial charge in [-0.1, -0.05) is 13.0 Å². The van der Waals surface area contributed by atoms with E-state index in [4.69, 9.17) is 4.74 Å². The molecule has 0 saturated carbocycles. The minimum atomic E-state index is -0.295. The number of halogens is 2. The van der Waals surface area contributed by atoms with E-state index in [2.05, 4.69) is 33.3 Å². The van der Waals surface area contributed by atoms with Gasteiger partial charge in [0.15, 0.2) is 0 Å². The summed E-state index contributed by atoms with van der Waals surface area (Å²) in [7, 11) is 3.38. The van der Waals surface area contributed by atoms with E-state index < -0.39 is 0 Å². The second-order valence-electron chi connectivity index (χ2n) is 4.78. The predicted octanol–water partition coefficient (Wildman–Crippen LogP) is 3.42. The summed E-state index contributed by atoms with van der Waals surface area (Å²) in [6.45, 7) is 2.86. The zero-order valence-corrected chi connectivity index (χ0v) is 13.9. The van der Waals surface area contributed by atoms with Crippen LogP contribution in [0.3, 0.4) is 0 Å². The molecule has 1 unspecified atom stereocenters. The van der Waals surface area contributed by atoms with Crippen LogP contribution in [-0.2, 0) is 7.05 Å². The summed E-state index contributed by atoms with van der Waals surface area (Å²) in [5.74, 6) is 0.214. The fourth-order valence-corrected chi connectivity index (χ4v) is 2.83. The van der Waals surface area contributed by atoms with E-state index in [1.165, 1.54) is 13.2 Å². The third-order valence-electron chi connectivity index (χ3n) is 3.33. The zero-order chi connectivity index (χ0) is 15.4. The van der Waals surface area contributed by atoms with Crippen LogP contribution >= 0.6 is 15.9 Å². The molecule has 6 heteroatoms. The zero-order valence-electron chi connectivity index (χ0n) is 12.4. The summed E-state index contributed by atoms with van der Waals surface area (Å²) in [6, 6.07) is 4.66. The van der Waals surface area contributed by atoms with E-state index in [1.54, 1.807) is 23.0 Å². The summed E-state index contributed by atoms with van der Waals surface area (Å²) in [5.41, 5.74) is 1.47. The summed E-state index contributed by atoms with van der Waals surface area (Å²) < 4.78 is 22.1. The number of nitrogens with one attached hydrogen (secondary N) is 1. The minimum Gasteiger partial charge on any atom is -0.497 e. The molecule has 21 heavy (non-hydrogen) atoms. The standard InChI is InChI=1S/C15H19BrFN3O/c1-4-7-18-14(15-12(16)9-19-20(15)2)11-6-5-10(21-3)8-13(11)17/h5-6,8-9,14,18H,4,7H2,1-3H3. The Labute approximate surface area is 132 Å². The Balaban J connectivity index is 2.45. The molecule has 1 heterocycles. The van der Waals surface area contributed by atoms with Gasteiger partial charge in [-0.3, -0.25) is 4.68 Å². The molecule has 0 saturated heterocycles. The van der Waals surface area contributed by atoms with Crippen molar-refractivity contribution in [3.8, 4) is 5.75 Å². The third kappa shape index (κ3) is 3.44. The maximum absolute atomic E-state index is 14.4. The number of hydrogen-bond donors (Lipinski definition) is 1. The van der Waals surface area contributed by atoms with E-state index in [0.717, 1.165) is 23.1 Å². The van der Waals surface area contributed by atoms with Crippen LogP contribution in [0.25, 0.3) is 0 Å². The maximum Gasteiger partial charge on any atom is 0.132 e. The van der Waals surface area contributed by atoms with Crippen molar-refractivity contribution in [2.75, 3.05) is 13.7 Å². The number of rotatable bonds is 6. The Kier molecular flexibility index (Phi) is 5.36. The highest BCUT2D eigenvalue weighted by molar-refractivity contribution is 9.10. The van der Waals surface area contributed by atoms with Crippen LogP contribution in [0.4, 0.5) is 4.39 Å². The van der Waals surface area contributed by atoms with Gasteiger partial charge in [-0.05, 0) is 35.0 Å². The average molecular weight is 356 g/mol. The summed E-state index contributed by atoms with van der Waals surface area (Å²) in [4.78, 5) is 0. The Morgan fingerprint density at radius 3 is 2.76 bits per heavy atom. The van der Waals surface area contributed by atoms with Gasteiger partial charge in [0.25, 0.3) is 0 Å². The third-order valence-corrected chi connectivity index (χ3v) is 3.94. The lowest BCUT2D eigenvalue weighted by atomic mass is 10.0. The highest BCUT2D eigenvalue weighted by Crippen LogP contribution is 2.31. The SMILES string of the molecule is CCCNC(c1ccc(OC)cc1F)c1c(Br)cnn1C. The Hall–Kier alpha value is -1.40. The number of ether oxygens (including phenoxy) is 1. The molecule has 0 aliphatic carbocycles. The van der Waals surface area contributed by atoms with Crippen molar-refractivity contribution in [2.24, 2.45) is 7.05 Å². The first-order valence-electron chi connectivity index (χ1n) is 6.82. The first kappa shape index (κ1) is 16.0. The molecule has 4 nitrogen and oxygen atoms in total. The highest BCUT2D eigenvalue weighted by Gasteiger charge is 2.23. The maximum atomic E-state index is 14.4. The average Bonchev–Trinajstić information content (AvgIpc) is 2.80. The predicted molar refractivity (Wildman–Crippen MR) is 84.0 cm³/mol. The number of nitrogens with zero attached hydrogens (tertiary/aromatic N) is 2. The topological polar surface area (TPSA) is 39.1 Å². The van der Waals surface area contributed by atoms with Crippen molar-refractivity contribution in [1.29, 1.82) is 0 Å². The number of benzene rings is 1. The molecule has 1 aromatic heterocycles. The second-order valence-corrected chi connectivity index (χ2v) is 5.63. The first-order valence-corrected chi connectivity index (χ1v) is 7.62. The van der Waals surface area contributed by atoms with Crippen LogP contribution in [0.5, 0.6) is 5.75 Å². The van der Waals surface area contributed by atoms with E-state index in [1.807, 2.05) is 7.05 Å². The van der Waals surface area contributed by atoms with E-state index in [9.17, 15) is 4.39 Å². The van der Waals surface area contributed by atoms with Gasteiger partial charge in [0.2, 0.25) is 0 Å². The first-order chi connectivity index (χ1) is 10.1. The lowest BCUT2D eigenvalue weighted by molar-refractivity contribution is 0.409. The molecule has 0 radical (unpaired) electrons. The molecule has 0 aliphatic rings. The van der Waals surface area contributed by atoms with Gasteiger partial charge >= 0.3 is 0 Å². The number of aryl methyl sites for hydroxylation is 1. The summed E-state index contributed by atoms with van der Waals surface area (Å²) in [5, 5.41) is 7.59. The molecule has 0 fully saturated rings. The van der Waals surface area contributed by atoms with Crippen LogP contribution in [0.15, 0.2) is 28.9 Å². The van der Waals surface area contributed by atoms with Crippen molar-refractivity contribution < 1.29 is 9.13 Å². The van der Waals surface area contributed by atoms with Gasteiger partial charge in [-0.15, -0.1) is 0 Å². The molecular formula is C15H19BrFN3O. The lowest BCUT2D eigenvalue weighted by Gasteiger charge is -2.21. The summed E-state index contributed by atoms with van der Waals surface area (Å²) >= 11 is 3.49. The van der Waals surface area contributed by atoms with Gasteiger partial charge in [-0.25, -0.2) is 4.39 Å². The molecule has 2 rings (SSSR count). The van der Waals surface area contributed by atoms with Crippen molar-refractivity contribution in [1.82, 2.24) is 15.1 Å². The monoisotopic (exact) mass is 355 g/mol. The normalized spacial score (nSPS) is 12.4. The van der Waals surface area contributed by atoms with Crippen molar-refractivity contribution >= 4 is 15.9 Å². The van der Waals surface area contributed by atoms with Gasteiger partial charge in [0.1, 0.15) is 11.6 Å². The van der Waals surface area contributed by atoms with Crippen molar-refractivity contribution in [3.05, 3.63) is 45.9 Å². The molecule has 2 aromatic rings. The summed E-state index contributed by atoms with van der Waals surface area (Å²) in [6.07, 6.45) is 2.68. The largest absolute Gasteiger partial charge is 0.497 e. The van der Waals surface area contributed by atoms with E-state index in [-0.39, 0.29) is 11.9 Å². The molecule has 0 amide bonds. The van der Waals surface area contributed by atoms with Gasteiger partial charge < -0.3 is 10.1 Å². The smallest absolute Gasteiger partial charge is 0.132 e. The van der Waals surface area contributed by atoms with Crippen LogP contribution in [-0.4, -0.2) is 23.4 Å². The van der Waals surface area contributed by atoms with Gasteiger partial charge in [0, 0.05) is 18.7 Å². The number of aromatic nitrogens is 2. The Morgan fingerprint density at radius 2 is 2.24 bits per heavy atom. The van der Waals surface area contributed by atoms with Crippen LogP contribution in [0, 0.1) is 5.82 Å². The molecular weight excluding hydrogens is 337 g/mol. The van der Waals surface area contributed by atoms with Crippen LogP contribution in [0.2, 0.25) is 0 Å². The molecule has 1 aromatic carbocycles. The molecule has 0 aliphatic heterocycles. The van der Waals surface area contributed by atoms with Crippen molar-refractivity contribution in [2.45, 2.75) is 19.4 Å². The molecule has 114 valence electrons. The number of methoxy groups -OCH3 is 1. The molecule has 0 spiro atoms. The molecule has 1 N–H and O–H groups in total. The molecule has 1 atom stereocenters. The van der Waals surface area contributed by atoms with Gasteiger partial charge in [0.05, 0.1) is 29.5 Å². The van der Waals surface area contributed by atoms with Crippen LogP contribution < -0.4 is 10.1 Å². The van der Waals surface area contributed by atoms with Gasteiger partial charge in [-0.2, -0.15) is 5.10 Å². The number of hydrogen-bond acceptors (Lipinski definition) is 3. The van der Waals surface area contributed by atoms with Crippen molar-refractivity contribution in [3.63, 3.8) is 0 Å². The second kappa shape index (κ2) is 7.04. The Morgan fingerprint density at radius 1 is 1.48 bits per heavy atom. The fourth-order valence-electron chi connectivity index (χ4n) is 2.26. The highest BCUT2D eigenvalue weighted by atomic mass is 79.9. The quantitative estimate of drug-likeness (QED) is 0.862.